The zero-order valence-electron chi connectivity index (χ0n) is 7.97. The molecule has 1 heterocycles. The highest BCUT2D eigenvalue weighted by Gasteiger charge is 2.36. The number of aromatic nitrogens is 2. The highest BCUT2D eigenvalue weighted by atomic mass is 19.4. The van der Waals surface area contributed by atoms with E-state index in [1.807, 2.05) is 0 Å². The van der Waals surface area contributed by atoms with Crippen molar-refractivity contribution in [3.8, 4) is 0 Å². The third kappa shape index (κ3) is 2.47. The van der Waals surface area contributed by atoms with Crippen molar-refractivity contribution in [1.29, 1.82) is 0 Å². The molecule has 2 N–H and O–H groups in total. The van der Waals surface area contributed by atoms with E-state index in [0.29, 0.717) is 0 Å². The van der Waals surface area contributed by atoms with Gasteiger partial charge in [-0.05, 0) is 13.3 Å². The van der Waals surface area contributed by atoms with E-state index in [1.165, 1.54) is 13.2 Å². The quantitative estimate of drug-likeness (QED) is 0.795. The van der Waals surface area contributed by atoms with Crippen LogP contribution in [0.4, 0.5) is 13.2 Å². The fraction of sp³-hybridized carbons (Fsp3) is 0.625. The summed E-state index contributed by atoms with van der Waals surface area (Å²) >= 11 is 0. The molecule has 0 aromatic carbocycles. The lowest BCUT2D eigenvalue weighted by Crippen LogP contribution is -2.20. The van der Waals surface area contributed by atoms with Gasteiger partial charge in [-0.3, -0.25) is 4.68 Å². The lowest BCUT2D eigenvalue weighted by atomic mass is 10.1. The van der Waals surface area contributed by atoms with Gasteiger partial charge in [-0.2, -0.15) is 18.3 Å². The summed E-state index contributed by atoms with van der Waals surface area (Å²) in [5.74, 6) is 0. The van der Waals surface area contributed by atoms with Crippen LogP contribution in [-0.4, -0.2) is 15.8 Å². The molecule has 0 bridgehead atoms. The molecular formula is C8H12F3N3. The minimum absolute atomic E-state index is 0.148. The third-order valence-electron chi connectivity index (χ3n) is 1.71. The highest BCUT2D eigenvalue weighted by Crippen LogP contribution is 2.30. The van der Waals surface area contributed by atoms with Gasteiger partial charge >= 0.3 is 6.18 Å². The predicted molar refractivity (Wildman–Crippen MR) is 45.6 cm³/mol. The fourth-order valence-corrected chi connectivity index (χ4v) is 1.27. The molecule has 0 aliphatic carbocycles. The van der Waals surface area contributed by atoms with Crippen LogP contribution in [0.2, 0.25) is 0 Å². The third-order valence-corrected chi connectivity index (χ3v) is 1.71. The number of alkyl halides is 3. The van der Waals surface area contributed by atoms with E-state index < -0.39 is 11.9 Å². The van der Waals surface area contributed by atoms with E-state index in [4.69, 9.17) is 5.73 Å². The second-order valence-electron chi connectivity index (χ2n) is 3.36. The first-order valence-electron chi connectivity index (χ1n) is 4.16. The first-order chi connectivity index (χ1) is 6.30. The molecule has 0 aliphatic rings. The number of rotatable bonds is 2. The summed E-state index contributed by atoms with van der Waals surface area (Å²) in [7, 11) is 1.46. The van der Waals surface area contributed by atoms with Crippen molar-refractivity contribution in [2.75, 3.05) is 0 Å². The zero-order chi connectivity index (χ0) is 10.9. The maximum absolute atomic E-state index is 12.4. The number of nitrogens with zero attached hydrogens (tertiary/aromatic N) is 2. The first-order valence-corrected chi connectivity index (χ1v) is 4.16. The normalized spacial score (nSPS) is 14.4. The molecule has 0 amide bonds. The zero-order valence-corrected chi connectivity index (χ0v) is 7.97. The highest BCUT2D eigenvalue weighted by molar-refractivity contribution is 5.20. The van der Waals surface area contributed by atoms with Crippen molar-refractivity contribution in [3.05, 3.63) is 17.5 Å². The smallest absolute Gasteiger partial charge is 0.328 e. The van der Waals surface area contributed by atoms with E-state index in [0.717, 1.165) is 4.68 Å². The standard InChI is InChI=1S/C8H12F3N3/c1-5(12)3-6-4-14(2)13-7(6)8(9,10)11/h4-5H,3,12H2,1-2H3/t5-/m1/s1. The Kier molecular flexibility index (Phi) is 2.84. The van der Waals surface area contributed by atoms with Gasteiger partial charge in [-0.15, -0.1) is 0 Å². The summed E-state index contributed by atoms with van der Waals surface area (Å²) in [6, 6.07) is -0.305. The molecule has 80 valence electrons. The topological polar surface area (TPSA) is 43.8 Å². The van der Waals surface area contributed by atoms with Gasteiger partial charge in [0.1, 0.15) is 0 Å². The van der Waals surface area contributed by atoms with Crippen LogP contribution in [0.1, 0.15) is 18.2 Å². The summed E-state index contributed by atoms with van der Waals surface area (Å²) < 4.78 is 38.3. The van der Waals surface area contributed by atoms with Crippen LogP contribution in [0.3, 0.4) is 0 Å². The Morgan fingerprint density at radius 2 is 2.14 bits per heavy atom. The average molecular weight is 207 g/mol. The van der Waals surface area contributed by atoms with Crippen LogP contribution in [0.15, 0.2) is 6.20 Å². The van der Waals surface area contributed by atoms with Crippen molar-refractivity contribution in [2.24, 2.45) is 12.8 Å². The number of nitrogens with two attached hydrogens (primary N) is 1. The van der Waals surface area contributed by atoms with Gasteiger partial charge in [0.15, 0.2) is 5.69 Å². The summed E-state index contributed by atoms with van der Waals surface area (Å²) in [6.45, 7) is 1.66. The second-order valence-corrected chi connectivity index (χ2v) is 3.36. The maximum Gasteiger partial charge on any atom is 0.435 e. The number of hydrogen-bond donors (Lipinski definition) is 1. The monoisotopic (exact) mass is 207 g/mol. The number of aryl methyl sites for hydroxylation is 1. The van der Waals surface area contributed by atoms with Gasteiger partial charge in [0.05, 0.1) is 0 Å². The molecule has 0 unspecified atom stereocenters. The van der Waals surface area contributed by atoms with Crippen LogP contribution in [-0.2, 0) is 19.6 Å². The second kappa shape index (κ2) is 3.61. The van der Waals surface area contributed by atoms with E-state index in [-0.39, 0.29) is 18.0 Å². The Morgan fingerprint density at radius 1 is 1.57 bits per heavy atom. The SMILES string of the molecule is C[C@@H](N)Cc1cn(C)nc1C(F)(F)F. The molecule has 6 heteroatoms. The molecule has 1 aromatic rings. The minimum Gasteiger partial charge on any atom is -0.328 e. The van der Waals surface area contributed by atoms with Crippen LogP contribution < -0.4 is 5.73 Å². The molecular weight excluding hydrogens is 195 g/mol. The van der Waals surface area contributed by atoms with Crippen LogP contribution in [0.5, 0.6) is 0 Å². The summed E-state index contributed by atoms with van der Waals surface area (Å²) in [6.07, 6.45) is -2.86. The lowest BCUT2D eigenvalue weighted by molar-refractivity contribution is -0.142. The number of halogens is 3. The van der Waals surface area contributed by atoms with Gasteiger partial charge in [0.2, 0.25) is 0 Å². The average Bonchev–Trinajstić information content (AvgIpc) is 2.28. The first kappa shape index (κ1) is 11.0. The molecule has 0 fully saturated rings. The van der Waals surface area contributed by atoms with Crippen LogP contribution >= 0.6 is 0 Å². The predicted octanol–water partition coefficient (Wildman–Crippen LogP) is 1.33. The van der Waals surface area contributed by atoms with Crippen molar-refractivity contribution in [1.82, 2.24) is 9.78 Å². The molecule has 0 saturated carbocycles. The minimum atomic E-state index is -4.40. The molecule has 0 aliphatic heterocycles. The number of hydrogen-bond acceptors (Lipinski definition) is 2. The molecule has 0 saturated heterocycles. The van der Waals surface area contributed by atoms with Crippen LogP contribution in [0.25, 0.3) is 0 Å². The molecule has 0 spiro atoms. The lowest BCUT2D eigenvalue weighted by Gasteiger charge is -2.07. The molecule has 1 rings (SSSR count). The molecule has 14 heavy (non-hydrogen) atoms. The molecule has 0 radical (unpaired) electrons. The van der Waals surface area contributed by atoms with E-state index in [1.54, 1.807) is 6.92 Å². The van der Waals surface area contributed by atoms with Crippen molar-refractivity contribution >= 4 is 0 Å². The summed E-state index contributed by atoms with van der Waals surface area (Å²) in [5, 5.41) is 3.37. The van der Waals surface area contributed by atoms with Gasteiger partial charge in [0, 0.05) is 24.8 Å². The van der Waals surface area contributed by atoms with Crippen molar-refractivity contribution in [3.63, 3.8) is 0 Å². The fourth-order valence-electron chi connectivity index (χ4n) is 1.27. The Labute approximate surface area is 79.7 Å². The Bertz CT molecular complexity index is 314. The van der Waals surface area contributed by atoms with Crippen molar-refractivity contribution < 1.29 is 13.2 Å². The molecule has 3 nitrogen and oxygen atoms in total. The largest absolute Gasteiger partial charge is 0.435 e. The van der Waals surface area contributed by atoms with Crippen LogP contribution in [0, 0.1) is 0 Å². The van der Waals surface area contributed by atoms with Crippen molar-refractivity contribution in [2.45, 2.75) is 25.6 Å². The van der Waals surface area contributed by atoms with Gasteiger partial charge in [-0.1, -0.05) is 0 Å². The van der Waals surface area contributed by atoms with E-state index in [9.17, 15) is 13.2 Å². The van der Waals surface area contributed by atoms with Gasteiger partial charge in [0.25, 0.3) is 0 Å². The maximum atomic E-state index is 12.4. The van der Waals surface area contributed by atoms with Gasteiger partial charge < -0.3 is 5.73 Å². The van der Waals surface area contributed by atoms with E-state index in [2.05, 4.69) is 5.10 Å². The van der Waals surface area contributed by atoms with E-state index >= 15 is 0 Å². The van der Waals surface area contributed by atoms with Gasteiger partial charge in [-0.25, -0.2) is 0 Å². The Morgan fingerprint density at radius 3 is 2.57 bits per heavy atom. The molecule has 1 aromatic heterocycles. The summed E-state index contributed by atoms with van der Waals surface area (Å²) in [4.78, 5) is 0. The Hall–Kier alpha value is -1.04. The Balaban J connectivity index is 3.03. The molecule has 1 atom stereocenters. The summed E-state index contributed by atoms with van der Waals surface area (Å²) in [5.41, 5.74) is 4.75.